The van der Waals surface area contributed by atoms with Crippen molar-refractivity contribution >= 4 is 11.6 Å². The number of hydrogen-bond acceptors (Lipinski definition) is 4. The number of aryl methyl sites for hydroxylation is 1. The molecule has 0 aliphatic heterocycles. The topological polar surface area (TPSA) is 63.0 Å². The number of nitrogens with one attached hydrogen (secondary N) is 1. The number of aromatic nitrogens is 3. The van der Waals surface area contributed by atoms with Crippen LogP contribution < -0.4 is 5.32 Å². The summed E-state index contributed by atoms with van der Waals surface area (Å²) >= 11 is 0. The zero-order valence-corrected chi connectivity index (χ0v) is 12.5. The Bertz CT molecular complexity index is 856. The van der Waals surface area contributed by atoms with Gasteiger partial charge in [-0.1, -0.05) is 0 Å². The van der Waals surface area contributed by atoms with Crippen LogP contribution in [0.25, 0.3) is 5.69 Å². The fourth-order valence-electron chi connectivity index (χ4n) is 2.21. The van der Waals surface area contributed by atoms with Crippen LogP contribution in [0.5, 0.6) is 5.75 Å². The molecule has 0 fully saturated rings. The van der Waals surface area contributed by atoms with E-state index in [1.54, 1.807) is 13.0 Å². The quantitative estimate of drug-likeness (QED) is 0.775. The Kier molecular flexibility index (Phi) is 3.69. The lowest BCUT2D eigenvalue weighted by molar-refractivity contribution is 0.471. The van der Waals surface area contributed by atoms with Gasteiger partial charge in [-0.05, 0) is 43.7 Å². The molecule has 0 aliphatic carbocycles. The maximum Gasteiger partial charge on any atom is 0.246 e. The van der Waals surface area contributed by atoms with E-state index in [0.717, 1.165) is 23.8 Å². The molecule has 5 nitrogen and oxygen atoms in total. The first-order valence-electron chi connectivity index (χ1n) is 6.88. The van der Waals surface area contributed by atoms with Gasteiger partial charge in [-0.25, -0.2) is 13.5 Å². The van der Waals surface area contributed by atoms with Gasteiger partial charge in [-0.2, -0.15) is 4.98 Å². The number of phenolic OH excluding ortho intramolecular Hbond substituents is 1. The molecular weight excluding hydrogens is 302 g/mol. The molecule has 118 valence electrons. The minimum atomic E-state index is -0.690. The van der Waals surface area contributed by atoms with Crippen LogP contribution in [-0.4, -0.2) is 19.9 Å². The van der Waals surface area contributed by atoms with Crippen molar-refractivity contribution in [1.29, 1.82) is 0 Å². The monoisotopic (exact) mass is 316 g/mol. The van der Waals surface area contributed by atoms with Crippen molar-refractivity contribution < 1.29 is 13.9 Å². The average Bonchev–Trinajstić information content (AvgIpc) is 2.92. The van der Waals surface area contributed by atoms with Gasteiger partial charge in [0.15, 0.2) is 0 Å². The van der Waals surface area contributed by atoms with E-state index in [1.807, 2.05) is 13.0 Å². The predicted octanol–water partition coefficient (Wildman–Crippen LogP) is 3.61. The van der Waals surface area contributed by atoms with Crippen LogP contribution in [-0.2, 0) is 0 Å². The van der Waals surface area contributed by atoms with Crippen molar-refractivity contribution in [3.63, 3.8) is 0 Å². The smallest absolute Gasteiger partial charge is 0.246 e. The minimum Gasteiger partial charge on any atom is -0.508 e. The molecule has 0 aliphatic rings. The second-order valence-electron chi connectivity index (χ2n) is 5.22. The summed E-state index contributed by atoms with van der Waals surface area (Å²) in [6, 6.07) is 6.61. The molecule has 2 N–H and O–H groups in total. The first-order chi connectivity index (χ1) is 10.9. The number of anilines is 2. The number of hydrogen-bond donors (Lipinski definition) is 2. The van der Waals surface area contributed by atoms with Gasteiger partial charge in [0.1, 0.15) is 23.7 Å². The lowest BCUT2D eigenvalue weighted by Gasteiger charge is -2.09. The van der Waals surface area contributed by atoms with Gasteiger partial charge >= 0.3 is 0 Å². The SMILES string of the molecule is Cc1cc(O)c(C)c(Nc2ncn(-c3cc(F)cc(F)c3)n2)c1. The second kappa shape index (κ2) is 5.68. The second-order valence-corrected chi connectivity index (χ2v) is 5.22. The molecule has 7 heteroatoms. The maximum absolute atomic E-state index is 13.3. The molecule has 1 heterocycles. The Morgan fingerprint density at radius 2 is 1.74 bits per heavy atom. The third-order valence-electron chi connectivity index (χ3n) is 3.37. The molecule has 0 radical (unpaired) electrons. The highest BCUT2D eigenvalue weighted by Crippen LogP contribution is 2.28. The van der Waals surface area contributed by atoms with Crippen molar-refractivity contribution in [2.75, 3.05) is 5.32 Å². The van der Waals surface area contributed by atoms with E-state index in [2.05, 4.69) is 15.4 Å². The first kappa shape index (κ1) is 15.0. The largest absolute Gasteiger partial charge is 0.508 e. The van der Waals surface area contributed by atoms with Crippen LogP contribution in [0.1, 0.15) is 11.1 Å². The van der Waals surface area contributed by atoms with E-state index in [1.165, 1.54) is 11.0 Å². The van der Waals surface area contributed by atoms with E-state index >= 15 is 0 Å². The van der Waals surface area contributed by atoms with Crippen LogP contribution >= 0.6 is 0 Å². The van der Waals surface area contributed by atoms with Crippen molar-refractivity contribution in [3.05, 3.63) is 59.4 Å². The van der Waals surface area contributed by atoms with Crippen molar-refractivity contribution in [1.82, 2.24) is 14.8 Å². The van der Waals surface area contributed by atoms with Crippen LogP contribution in [0.2, 0.25) is 0 Å². The lowest BCUT2D eigenvalue weighted by Crippen LogP contribution is -1.99. The fourth-order valence-corrected chi connectivity index (χ4v) is 2.21. The third-order valence-corrected chi connectivity index (χ3v) is 3.37. The lowest BCUT2D eigenvalue weighted by atomic mass is 10.1. The highest BCUT2D eigenvalue weighted by molar-refractivity contribution is 5.63. The van der Waals surface area contributed by atoms with Gasteiger partial charge < -0.3 is 10.4 Å². The zero-order chi connectivity index (χ0) is 16.6. The van der Waals surface area contributed by atoms with E-state index in [9.17, 15) is 13.9 Å². The molecule has 3 rings (SSSR count). The van der Waals surface area contributed by atoms with Gasteiger partial charge in [-0.15, -0.1) is 5.10 Å². The van der Waals surface area contributed by atoms with Gasteiger partial charge in [0.2, 0.25) is 5.95 Å². The van der Waals surface area contributed by atoms with Crippen LogP contribution in [0, 0.1) is 25.5 Å². The number of benzene rings is 2. The van der Waals surface area contributed by atoms with E-state index in [4.69, 9.17) is 0 Å². The number of halogens is 2. The molecule has 0 unspecified atom stereocenters. The van der Waals surface area contributed by atoms with Crippen molar-refractivity contribution in [2.45, 2.75) is 13.8 Å². The molecule has 0 bridgehead atoms. The summed E-state index contributed by atoms with van der Waals surface area (Å²) in [7, 11) is 0. The highest BCUT2D eigenvalue weighted by atomic mass is 19.1. The number of aromatic hydroxyl groups is 1. The Morgan fingerprint density at radius 3 is 2.43 bits per heavy atom. The molecule has 0 saturated carbocycles. The Labute approximate surface area is 131 Å². The highest BCUT2D eigenvalue weighted by Gasteiger charge is 2.09. The molecule has 0 amide bonds. The molecular formula is C16H14F2N4O. The van der Waals surface area contributed by atoms with Gasteiger partial charge in [0.25, 0.3) is 0 Å². The fraction of sp³-hybridized carbons (Fsp3) is 0.125. The first-order valence-corrected chi connectivity index (χ1v) is 6.88. The van der Waals surface area contributed by atoms with Gasteiger partial charge in [0.05, 0.1) is 5.69 Å². The number of nitrogens with zero attached hydrogens (tertiary/aromatic N) is 3. The molecule has 0 atom stereocenters. The van der Waals surface area contributed by atoms with Gasteiger partial charge in [0, 0.05) is 17.3 Å². The summed E-state index contributed by atoms with van der Waals surface area (Å²) in [5, 5.41) is 17.0. The molecule has 3 aromatic rings. The van der Waals surface area contributed by atoms with E-state index < -0.39 is 11.6 Å². The Morgan fingerprint density at radius 1 is 1.04 bits per heavy atom. The summed E-state index contributed by atoms with van der Waals surface area (Å²) in [4.78, 5) is 4.06. The van der Waals surface area contributed by atoms with E-state index in [-0.39, 0.29) is 17.4 Å². The minimum absolute atomic E-state index is 0.166. The predicted molar refractivity (Wildman–Crippen MR) is 82.1 cm³/mol. The van der Waals surface area contributed by atoms with Gasteiger partial charge in [-0.3, -0.25) is 0 Å². The number of rotatable bonds is 3. The number of phenols is 1. The molecule has 1 aromatic heterocycles. The summed E-state index contributed by atoms with van der Waals surface area (Å²) < 4.78 is 27.8. The summed E-state index contributed by atoms with van der Waals surface area (Å²) in [5.41, 5.74) is 2.42. The normalized spacial score (nSPS) is 10.8. The molecule has 23 heavy (non-hydrogen) atoms. The maximum atomic E-state index is 13.3. The summed E-state index contributed by atoms with van der Waals surface area (Å²) in [6.07, 6.45) is 1.35. The van der Waals surface area contributed by atoms with Crippen LogP contribution in [0.3, 0.4) is 0 Å². The Balaban J connectivity index is 1.91. The summed E-state index contributed by atoms with van der Waals surface area (Å²) in [6.45, 7) is 3.61. The molecule has 2 aromatic carbocycles. The zero-order valence-electron chi connectivity index (χ0n) is 12.5. The average molecular weight is 316 g/mol. The van der Waals surface area contributed by atoms with Crippen molar-refractivity contribution in [3.8, 4) is 11.4 Å². The van der Waals surface area contributed by atoms with E-state index in [0.29, 0.717) is 11.3 Å². The standard InChI is InChI=1S/C16H14F2N4O/c1-9-3-14(10(2)15(23)4-9)20-16-19-8-22(21-16)13-6-11(17)5-12(18)7-13/h3-8,23H,1-2H3,(H,20,21). The van der Waals surface area contributed by atoms with Crippen molar-refractivity contribution in [2.24, 2.45) is 0 Å². The summed E-state index contributed by atoms with van der Waals surface area (Å²) in [5.74, 6) is -0.962. The Hall–Kier alpha value is -2.96. The van der Waals surface area contributed by atoms with Crippen LogP contribution in [0.4, 0.5) is 20.4 Å². The van der Waals surface area contributed by atoms with Crippen LogP contribution in [0.15, 0.2) is 36.7 Å². The molecule has 0 spiro atoms. The third kappa shape index (κ3) is 3.13. The molecule has 0 saturated heterocycles.